The molecule has 1 fully saturated rings. The molecule has 0 bridgehead atoms. The van der Waals surface area contributed by atoms with Gasteiger partial charge in [-0.3, -0.25) is 4.79 Å². The number of halogens is 1. The maximum absolute atomic E-state index is 12.8. The second-order valence-electron chi connectivity index (χ2n) is 7.36. The van der Waals surface area contributed by atoms with E-state index in [1.807, 2.05) is 0 Å². The minimum absolute atomic E-state index is 0.0955. The minimum Gasteiger partial charge on any atom is -0.493 e. The highest BCUT2D eigenvalue weighted by molar-refractivity contribution is 6.32. The molecule has 152 valence electrons. The number of rotatable bonds is 6. The smallest absolute Gasteiger partial charge is 0.335 e. The molecule has 0 saturated heterocycles. The topological polar surface area (TPSA) is 71.1 Å². The molecule has 1 heterocycles. The molecule has 0 aromatic heterocycles. The van der Waals surface area contributed by atoms with Gasteiger partial charge in [0.1, 0.15) is 18.1 Å². The van der Waals surface area contributed by atoms with E-state index < -0.39 is 6.10 Å². The van der Waals surface area contributed by atoms with Crippen LogP contribution >= 0.6 is 11.6 Å². The number of ketones is 1. The van der Waals surface area contributed by atoms with Gasteiger partial charge >= 0.3 is 5.97 Å². The maximum Gasteiger partial charge on any atom is 0.335 e. The summed E-state index contributed by atoms with van der Waals surface area (Å²) in [5.41, 5.74) is 0. The molecule has 0 amide bonds. The van der Waals surface area contributed by atoms with Gasteiger partial charge in [0.25, 0.3) is 0 Å². The number of allylic oxidation sites excluding steroid dienone is 1. The minimum atomic E-state index is -0.655. The molecule has 6 nitrogen and oxygen atoms in total. The lowest BCUT2D eigenvalue weighted by Crippen LogP contribution is -2.44. The second kappa shape index (κ2) is 8.97. The van der Waals surface area contributed by atoms with E-state index in [0.29, 0.717) is 30.0 Å². The van der Waals surface area contributed by atoms with E-state index >= 15 is 0 Å². The highest BCUT2D eigenvalue weighted by Gasteiger charge is 2.42. The third-order valence-electron chi connectivity index (χ3n) is 4.81. The molecule has 1 aromatic carbocycles. The summed E-state index contributed by atoms with van der Waals surface area (Å²) in [7, 11) is 0. The summed E-state index contributed by atoms with van der Waals surface area (Å²) in [6.45, 7) is 5.27. The van der Waals surface area contributed by atoms with Crippen LogP contribution in [0, 0.1) is 5.92 Å². The van der Waals surface area contributed by atoms with Crippen LogP contribution in [-0.4, -0.2) is 36.2 Å². The molecule has 1 aliphatic heterocycles. The first kappa shape index (κ1) is 20.7. The Labute approximate surface area is 169 Å². The molecule has 1 saturated carbocycles. The van der Waals surface area contributed by atoms with Crippen LogP contribution in [0.3, 0.4) is 0 Å². The number of hydrogen-bond donors (Lipinski definition) is 0. The largest absolute Gasteiger partial charge is 0.493 e. The van der Waals surface area contributed by atoms with Crippen LogP contribution in [0.25, 0.3) is 0 Å². The molecule has 4 unspecified atom stereocenters. The predicted molar refractivity (Wildman–Crippen MR) is 103 cm³/mol. The first-order chi connectivity index (χ1) is 13.3. The van der Waals surface area contributed by atoms with Crippen LogP contribution in [0.4, 0.5) is 0 Å². The number of esters is 1. The Kier molecular flexibility index (Phi) is 6.62. The zero-order valence-corrected chi connectivity index (χ0v) is 17.0. The van der Waals surface area contributed by atoms with Crippen molar-refractivity contribution in [1.29, 1.82) is 0 Å². The third-order valence-corrected chi connectivity index (χ3v) is 5.12. The fraction of sp³-hybridized carbons (Fsp3) is 0.524. The predicted octanol–water partition coefficient (Wildman–Crippen LogP) is 4.05. The molecule has 3 rings (SSSR count). The molecule has 7 heteroatoms. The molecule has 2 aliphatic rings. The molecule has 28 heavy (non-hydrogen) atoms. The quantitative estimate of drug-likeness (QED) is 0.661. The van der Waals surface area contributed by atoms with Crippen LogP contribution in [0.2, 0.25) is 5.02 Å². The van der Waals surface area contributed by atoms with Gasteiger partial charge in [-0.2, -0.15) is 0 Å². The van der Waals surface area contributed by atoms with E-state index in [1.54, 1.807) is 45.0 Å². The van der Waals surface area contributed by atoms with Gasteiger partial charge < -0.3 is 18.9 Å². The van der Waals surface area contributed by atoms with Crippen molar-refractivity contribution in [3.05, 3.63) is 41.3 Å². The first-order valence-electron chi connectivity index (χ1n) is 9.53. The molecule has 1 aromatic rings. The summed E-state index contributed by atoms with van der Waals surface area (Å²) < 4.78 is 22.4. The van der Waals surface area contributed by atoms with E-state index in [9.17, 15) is 9.59 Å². The van der Waals surface area contributed by atoms with Gasteiger partial charge in [0, 0.05) is 6.42 Å². The zero-order chi connectivity index (χ0) is 20.3. The standard InChI is InChI=1S/C21H25ClO6/c1-12(2)26-21(24)13(3)27-14-8-9-15-18(10-14)25-11-19(20(15)23)28-17-7-5-4-6-16(17)22/h4-7,11-15,18H,8-10H2,1-3H3. The summed E-state index contributed by atoms with van der Waals surface area (Å²) in [6, 6.07) is 6.97. The van der Waals surface area contributed by atoms with Crippen molar-refractivity contribution in [2.24, 2.45) is 5.92 Å². The van der Waals surface area contributed by atoms with Crippen molar-refractivity contribution in [3.63, 3.8) is 0 Å². The highest BCUT2D eigenvalue weighted by Crippen LogP contribution is 2.36. The molecule has 1 aliphatic carbocycles. The Morgan fingerprint density at radius 2 is 1.96 bits per heavy atom. The van der Waals surface area contributed by atoms with Crippen molar-refractivity contribution < 1.29 is 28.5 Å². The molecule has 0 N–H and O–H groups in total. The van der Waals surface area contributed by atoms with Crippen LogP contribution in [0.1, 0.15) is 40.0 Å². The fourth-order valence-corrected chi connectivity index (χ4v) is 3.62. The van der Waals surface area contributed by atoms with Gasteiger partial charge in [0.2, 0.25) is 11.5 Å². The molecule has 4 atom stereocenters. The number of carbonyl (C=O) groups excluding carboxylic acids is 2. The number of benzene rings is 1. The average Bonchev–Trinajstić information content (AvgIpc) is 2.65. The fourth-order valence-electron chi connectivity index (χ4n) is 3.45. The van der Waals surface area contributed by atoms with E-state index in [-0.39, 0.29) is 41.7 Å². The van der Waals surface area contributed by atoms with Crippen molar-refractivity contribution >= 4 is 23.4 Å². The summed E-state index contributed by atoms with van der Waals surface area (Å²) in [6.07, 6.45) is 1.85. The highest BCUT2D eigenvalue weighted by atomic mass is 35.5. The average molecular weight is 409 g/mol. The van der Waals surface area contributed by atoms with Crippen molar-refractivity contribution in [3.8, 4) is 5.75 Å². The summed E-state index contributed by atoms with van der Waals surface area (Å²) in [5, 5.41) is 0.428. The van der Waals surface area contributed by atoms with Gasteiger partial charge in [0.15, 0.2) is 6.10 Å². The molecular formula is C21H25ClO6. The van der Waals surface area contributed by atoms with E-state index in [0.717, 1.165) is 0 Å². The number of para-hydroxylation sites is 1. The van der Waals surface area contributed by atoms with E-state index in [2.05, 4.69) is 0 Å². The van der Waals surface area contributed by atoms with Crippen molar-refractivity contribution in [2.45, 2.75) is 64.4 Å². The lowest BCUT2D eigenvalue weighted by Gasteiger charge is -2.37. The summed E-state index contributed by atoms with van der Waals surface area (Å²) in [5.74, 6) is -0.196. The van der Waals surface area contributed by atoms with Crippen LogP contribution in [0.15, 0.2) is 36.3 Å². The Balaban J connectivity index is 1.59. The first-order valence-corrected chi connectivity index (χ1v) is 9.91. The van der Waals surface area contributed by atoms with Crippen LogP contribution in [0.5, 0.6) is 5.75 Å². The monoisotopic (exact) mass is 408 g/mol. The normalized spacial score (nSPS) is 25.4. The number of fused-ring (bicyclic) bond motifs is 1. The Morgan fingerprint density at radius 1 is 1.21 bits per heavy atom. The Morgan fingerprint density at radius 3 is 2.68 bits per heavy atom. The maximum atomic E-state index is 12.8. The van der Waals surface area contributed by atoms with Gasteiger partial charge in [0.05, 0.1) is 23.1 Å². The van der Waals surface area contributed by atoms with E-state index in [1.165, 1.54) is 6.26 Å². The van der Waals surface area contributed by atoms with Gasteiger partial charge in [-0.1, -0.05) is 23.7 Å². The van der Waals surface area contributed by atoms with Gasteiger partial charge in [-0.25, -0.2) is 4.79 Å². The Hall–Kier alpha value is -2.05. The zero-order valence-electron chi connectivity index (χ0n) is 16.2. The molecule has 0 radical (unpaired) electrons. The summed E-state index contributed by atoms with van der Waals surface area (Å²) in [4.78, 5) is 24.7. The SMILES string of the molecule is CC(C)OC(=O)C(C)OC1CCC2C(=O)C(Oc3ccccc3Cl)=COC2C1. The lowest BCUT2D eigenvalue weighted by molar-refractivity contribution is -0.168. The van der Waals surface area contributed by atoms with Crippen molar-refractivity contribution in [1.82, 2.24) is 0 Å². The number of Topliss-reactive ketones (excluding diaryl/α,β-unsaturated/α-hetero) is 1. The van der Waals surface area contributed by atoms with Gasteiger partial charge in [-0.15, -0.1) is 0 Å². The van der Waals surface area contributed by atoms with Crippen LogP contribution < -0.4 is 4.74 Å². The Bertz CT molecular complexity index is 759. The number of hydrogen-bond acceptors (Lipinski definition) is 6. The molecule has 0 spiro atoms. The summed E-state index contributed by atoms with van der Waals surface area (Å²) >= 11 is 6.09. The van der Waals surface area contributed by atoms with Crippen LogP contribution in [-0.2, 0) is 23.8 Å². The van der Waals surface area contributed by atoms with Gasteiger partial charge in [-0.05, 0) is 45.7 Å². The van der Waals surface area contributed by atoms with E-state index in [4.69, 9.17) is 30.5 Å². The number of ether oxygens (including phenoxy) is 4. The molecular weight excluding hydrogens is 384 g/mol. The van der Waals surface area contributed by atoms with Crippen molar-refractivity contribution in [2.75, 3.05) is 0 Å². The third kappa shape index (κ3) is 4.86. The number of carbonyl (C=O) groups is 2. The lowest BCUT2D eigenvalue weighted by atomic mass is 9.80. The second-order valence-corrected chi connectivity index (χ2v) is 7.77.